The second kappa shape index (κ2) is 5.71. The molecule has 0 unspecified atom stereocenters. The van der Waals surface area contributed by atoms with Crippen molar-refractivity contribution in [3.63, 3.8) is 0 Å². The summed E-state index contributed by atoms with van der Waals surface area (Å²) in [6.07, 6.45) is 0. The van der Waals surface area contributed by atoms with Crippen LogP contribution >= 0.6 is 0 Å². The molecule has 2 N–H and O–H groups in total. The Bertz CT molecular complexity index is 653. The number of rotatable bonds is 4. The smallest absolute Gasteiger partial charge is 0.118 e. The lowest BCUT2D eigenvalue weighted by atomic mass is 10.1. The van der Waals surface area contributed by atoms with Gasteiger partial charge in [-0.25, -0.2) is 0 Å². The van der Waals surface area contributed by atoms with Gasteiger partial charge in [-0.2, -0.15) is 5.10 Å². The molecule has 1 aromatic heterocycles. The van der Waals surface area contributed by atoms with Crippen molar-refractivity contribution >= 4 is 5.69 Å². The molecule has 106 valence electrons. The van der Waals surface area contributed by atoms with E-state index in [-0.39, 0.29) is 0 Å². The minimum atomic E-state index is 0.845. The van der Waals surface area contributed by atoms with Gasteiger partial charge in [-0.15, -0.1) is 0 Å². The van der Waals surface area contributed by atoms with Gasteiger partial charge in [-0.3, -0.25) is 5.10 Å². The number of methoxy groups -OCH3 is 1. The van der Waals surface area contributed by atoms with E-state index in [2.05, 4.69) is 33.7 Å². The van der Waals surface area contributed by atoms with Crippen molar-refractivity contribution in [2.45, 2.75) is 0 Å². The van der Waals surface area contributed by atoms with E-state index in [0.29, 0.717) is 0 Å². The third kappa shape index (κ3) is 2.74. The molecule has 4 heteroatoms. The molecular formula is C17H17N3O. The number of ether oxygens (including phenoxy) is 1. The molecule has 0 atom stereocenters. The SMILES string of the molecule is CNc1ccc(-c2cc(-c3ccc(OC)cc3)n[nH]2)cc1. The number of aromatic amines is 1. The van der Waals surface area contributed by atoms with Crippen molar-refractivity contribution in [1.29, 1.82) is 0 Å². The Morgan fingerprint density at radius 3 is 2.24 bits per heavy atom. The molecule has 0 fully saturated rings. The van der Waals surface area contributed by atoms with Gasteiger partial charge in [0.25, 0.3) is 0 Å². The summed E-state index contributed by atoms with van der Waals surface area (Å²) in [7, 11) is 3.57. The molecule has 0 aliphatic carbocycles. The second-order valence-corrected chi connectivity index (χ2v) is 4.72. The van der Waals surface area contributed by atoms with Crippen LogP contribution < -0.4 is 10.1 Å². The summed E-state index contributed by atoms with van der Waals surface area (Å²) in [5.74, 6) is 0.845. The molecule has 3 rings (SSSR count). The van der Waals surface area contributed by atoms with Crippen LogP contribution in [0, 0.1) is 0 Å². The summed E-state index contributed by atoms with van der Waals surface area (Å²) in [4.78, 5) is 0. The van der Waals surface area contributed by atoms with Crippen molar-refractivity contribution in [2.24, 2.45) is 0 Å². The fraction of sp³-hybridized carbons (Fsp3) is 0.118. The molecule has 0 aliphatic heterocycles. The van der Waals surface area contributed by atoms with Crippen LogP contribution in [-0.4, -0.2) is 24.4 Å². The molecule has 0 bridgehead atoms. The zero-order valence-electron chi connectivity index (χ0n) is 12.1. The van der Waals surface area contributed by atoms with Crippen LogP contribution in [-0.2, 0) is 0 Å². The quantitative estimate of drug-likeness (QED) is 0.764. The third-order valence-electron chi connectivity index (χ3n) is 3.45. The highest BCUT2D eigenvalue weighted by Crippen LogP contribution is 2.26. The highest BCUT2D eigenvalue weighted by Gasteiger charge is 2.06. The predicted molar refractivity (Wildman–Crippen MR) is 85.6 cm³/mol. The first-order chi connectivity index (χ1) is 10.3. The van der Waals surface area contributed by atoms with Gasteiger partial charge >= 0.3 is 0 Å². The molecule has 0 amide bonds. The minimum Gasteiger partial charge on any atom is -0.497 e. The molecule has 1 heterocycles. The lowest BCUT2D eigenvalue weighted by Gasteiger charge is -2.01. The van der Waals surface area contributed by atoms with E-state index in [0.717, 1.165) is 34.0 Å². The number of H-pyrrole nitrogens is 1. The predicted octanol–water partition coefficient (Wildman–Crippen LogP) is 3.79. The van der Waals surface area contributed by atoms with Crippen LogP contribution in [0.5, 0.6) is 5.75 Å². The fourth-order valence-electron chi connectivity index (χ4n) is 2.20. The number of aromatic nitrogens is 2. The van der Waals surface area contributed by atoms with Gasteiger partial charge in [-0.05, 0) is 48.0 Å². The number of nitrogens with one attached hydrogen (secondary N) is 2. The topological polar surface area (TPSA) is 49.9 Å². The fourth-order valence-corrected chi connectivity index (χ4v) is 2.20. The minimum absolute atomic E-state index is 0.845. The molecule has 0 radical (unpaired) electrons. The van der Waals surface area contributed by atoms with Crippen LogP contribution in [0.15, 0.2) is 54.6 Å². The Morgan fingerprint density at radius 1 is 0.952 bits per heavy atom. The average Bonchev–Trinajstić information content (AvgIpc) is 3.05. The van der Waals surface area contributed by atoms with E-state index in [1.54, 1.807) is 7.11 Å². The average molecular weight is 279 g/mol. The van der Waals surface area contributed by atoms with Gasteiger partial charge in [0.15, 0.2) is 0 Å². The first kappa shape index (κ1) is 13.2. The maximum atomic E-state index is 5.17. The Kier molecular flexibility index (Phi) is 3.60. The first-order valence-corrected chi connectivity index (χ1v) is 6.78. The summed E-state index contributed by atoms with van der Waals surface area (Å²) in [6, 6.07) is 18.2. The van der Waals surface area contributed by atoms with E-state index < -0.39 is 0 Å². The zero-order valence-corrected chi connectivity index (χ0v) is 12.1. The molecule has 0 saturated heterocycles. The normalized spacial score (nSPS) is 10.4. The summed E-state index contributed by atoms with van der Waals surface area (Å²) in [6.45, 7) is 0. The molecule has 0 aliphatic rings. The van der Waals surface area contributed by atoms with Crippen molar-refractivity contribution in [3.05, 3.63) is 54.6 Å². The van der Waals surface area contributed by atoms with Crippen LogP contribution in [0.3, 0.4) is 0 Å². The molecular weight excluding hydrogens is 262 g/mol. The maximum Gasteiger partial charge on any atom is 0.118 e. The largest absolute Gasteiger partial charge is 0.497 e. The summed E-state index contributed by atoms with van der Waals surface area (Å²) in [5, 5.41) is 10.6. The molecule has 2 aromatic carbocycles. The van der Waals surface area contributed by atoms with Crippen molar-refractivity contribution in [2.75, 3.05) is 19.5 Å². The summed E-state index contributed by atoms with van der Waals surface area (Å²) in [5.41, 5.74) is 5.19. The van der Waals surface area contributed by atoms with Crippen molar-refractivity contribution in [3.8, 4) is 28.3 Å². The molecule has 4 nitrogen and oxygen atoms in total. The van der Waals surface area contributed by atoms with Crippen LogP contribution in [0.2, 0.25) is 0 Å². The number of nitrogens with zero attached hydrogens (tertiary/aromatic N) is 1. The molecule has 0 saturated carbocycles. The van der Waals surface area contributed by atoms with Gasteiger partial charge < -0.3 is 10.1 Å². The number of hydrogen-bond donors (Lipinski definition) is 2. The van der Waals surface area contributed by atoms with Gasteiger partial charge in [0.2, 0.25) is 0 Å². The van der Waals surface area contributed by atoms with E-state index in [1.165, 1.54) is 0 Å². The van der Waals surface area contributed by atoms with Crippen LogP contribution in [0.4, 0.5) is 5.69 Å². The highest BCUT2D eigenvalue weighted by atomic mass is 16.5. The number of anilines is 1. The number of hydrogen-bond acceptors (Lipinski definition) is 3. The standard InChI is InChI=1S/C17H17N3O/c1-18-14-7-3-12(4-8-14)16-11-17(20-19-16)13-5-9-15(21-2)10-6-13/h3-11,18H,1-2H3,(H,19,20). The Morgan fingerprint density at radius 2 is 1.62 bits per heavy atom. The van der Waals surface area contributed by atoms with Crippen molar-refractivity contribution < 1.29 is 4.74 Å². The monoisotopic (exact) mass is 279 g/mol. The van der Waals surface area contributed by atoms with Gasteiger partial charge in [-0.1, -0.05) is 12.1 Å². The lowest BCUT2D eigenvalue weighted by Crippen LogP contribution is -1.86. The van der Waals surface area contributed by atoms with E-state index in [9.17, 15) is 0 Å². The highest BCUT2D eigenvalue weighted by molar-refractivity contribution is 5.69. The van der Waals surface area contributed by atoms with Crippen LogP contribution in [0.1, 0.15) is 0 Å². The lowest BCUT2D eigenvalue weighted by molar-refractivity contribution is 0.415. The Balaban J connectivity index is 1.87. The van der Waals surface area contributed by atoms with Crippen molar-refractivity contribution in [1.82, 2.24) is 10.2 Å². The molecule has 0 spiro atoms. The van der Waals surface area contributed by atoms with Gasteiger partial charge in [0.1, 0.15) is 5.75 Å². The Hall–Kier alpha value is -2.75. The first-order valence-electron chi connectivity index (χ1n) is 6.78. The van der Waals surface area contributed by atoms with Gasteiger partial charge in [0.05, 0.1) is 18.5 Å². The van der Waals surface area contributed by atoms with E-state index >= 15 is 0 Å². The summed E-state index contributed by atoms with van der Waals surface area (Å²) >= 11 is 0. The van der Waals surface area contributed by atoms with Gasteiger partial charge in [0, 0.05) is 18.3 Å². The third-order valence-corrected chi connectivity index (χ3v) is 3.45. The number of benzene rings is 2. The zero-order chi connectivity index (χ0) is 14.7. The molecule has 3 aromatic rings. The molecule has 21 heavy (non-hydrogen) atoms. The second-order valence-electron chi connectivity index (χ2n) is 4.72. The Labute approximate surface area is 123 Å². The van der Waals surface area contributed by atoms with E-state index in [1.807, 2.05) is 43.4 Å². The maximum absolute atomic E-state index is 5.17. The van der Waals surface area contributed by atoms with Crippen LogP contribution in [0.25, 0.3) is 22.5 Å². The van der Waals surface area contributed by atoms with E-state index in [4.69, 9.17) is 4.74 Å². The summed E-state index contributed by atoms with van der Waals surface area (Å²) < 4.78 is 5.17.